The van der Waals surface area contributed by atoms with E-state index < -0.39 is 36.1 Å². The smallest absolute Gasteiger partial charge is 0.326 e. The number of benzene rings is 2. The third-order valence-electron chi connectivity index (χ3n) is 5.45. The Balaban J connectivity index is 1.55. The molecule has 0 saturated carbocycles. The minimum Gasteiger partial charge on any atom is -0.480 e. The molecular formula is C26H34N4O6. The molecule has 0 radical (unpaired) electrons. The van der Waals surface area contributed by atoms with Crippen LogP contribution in [0.1, 0.15) is 36.8 Å². The zero-order valence-corrected chi connectivity index (χ0v) is 20.1. The number of carboxylic acids is 2. The van der Waals surface area contributed by atoms with Crippen LogP contribution in [0.15, 0.2) is 60.7 Å². The van der Waals surface area contributed by atoms with E-state index in [4.69, 9.17) is 0 Å². The first-order valence-corrected chi connectivity index (χ1v) is 12.0. The van der Waals surface area contributed by atoms with E-state index in [-0.39, 0.29) is 12.8 Å². The lowest BCUT2D eigenvalue weighted by atomic mass is 10.1. The van der Waals surface area contributed by atoms with E-state index in [0.717, 1.165) is 24.0 Å². The molecule has 0 spiro atoms. The molecule has 10 nitrogen and oxygen atoms in total. The summed E-state index contributed by atoms with van der Waals surface area (Å²) in [7, 11) is 0. The second-order valence-electron chi connectivity index (χ2n) is 8.38. The highest BCUT2D eigenvalue weighted by Crippen LogP contribution is 2.05. The summed E-state index contributed by atoms with van der Waals surface area (Å²) in [5.74, 6) is -2.19. The van der Waals surface area contributed by atoms with E-state index in [0.29, 0.717) is 25.9 Å². The van der Waals surface area contributed by atoms with Gasteiger partial charge in [0.25, 0.3) is 0 Å². The second kappa shape index (κ2) is 15.8. The van der Waals surface area contributed by atoms with Gasteiger partial charge in [-0.3, -0.25) is 0 Å². The first-order chi connectivity index (χ1) is 17.3. The summed E-state index contributed by atoms with van der Waals surface area (Å²) in [6, 6.07) is 15.1. The zero-order valence-electron chi connectivity index (χ0n) is 20.1. The summed E-state index contributed by atoms with van der Waals surface area (Å²) >= 11 is 0. The Morgan fingerprint density at radius 2 is 0.944 bits per heavy atom. The van der Waals surface area contributed by atoms with Gasteiger partial charge in [0.05, 0.1) is 0 Å². The highest BCUT2D eigenvalue weighted by Gasteiger charge is 2.21. The number of urea groups is 2. The van der Waals surface area contributed by atoms with Gasteiger partial charge in [-0.25, -0.2) is 19.2 Å². The van der Waals surface area contributed by atoms with Gasteiger partial charge in [0.1, 0.15) is 12.1 Å². The van der Waals surface area contributed by atoms with E-state index in [1.165, 1.54) is 0 Å². The van der Waals surface area contributed by atoms with E-state index in [2.05, 4.69) is 21.3 Å². The van der Waals surface area contributed by atoms with Crippen LogP contribution in [0.5, 0.6) is 0 Å². The van der Waals surface area contributed by atoms with Crippen molar-refractivity contribution >= 4 is 24.0 Å². The van der Waals surface area contributed by atoms with Crippen LogP contribution in [-0.2, 0) is 22.4 Å². The van der Waals surface area contributed by atoms with Gasteiger partial charge in [0, 0.05) is 25.9 Å². The first-order valence-electron chi connectivity index (χ1n) is 12.0. The molecule has 36 heavy (non-hydrogen) atoms. The Bertz CT molecular complexity index is 891. The summed E-state index contributed by atoms with van der Waals surface area (Å²) in [5.41, 5.74) is 1.64. The number of hydrogen-bond acceptors (Lipinski definition) is 4. The van der Waals surface area contributed by atoms with Crippen LogP contribution in [0.3, 0.4) is 0 Å². The normalized spacial score (nSPS) is 12.1. The van der Waals surface area contributed by atoms with Gasteiger partial charge in [-0.15, -0.1) is 0 Å². The molecule has 2 atom stereocenters. The Hall–Kier alpha value is -4.08. The summed E-state index contributed by atoms with van der Waals surface area (Å²) < 4.78 is 0. The molecule has 4 amide bonds. The molecule has 0 aliphatic rings. The molecule has 0 heterocycles. The number of aliphatic carboxylic acids is 2. The van der Waals surface area contributed by atoms with Gasteiger partial charge in [-0.2, -0.15) is 0 Å². The average Bonchev–Trinajstić information content (AvgIpc) is 2.86. The van der Waals surface area contributed by atoms with Crippen molar-refractivity contribution in [1.29, 1.82) is 0 Å². The molecule has 0 unspecified atom stereocenters. The van der Waals surface area contributed by atoms with Gasteiger partial charge < -0.3 is 31.5 Å². The Morgan fingerprint density at radius 3 is 1.28 bits per heavy atom. The fourth-order valence-corrected chi connectivity index (χ4v) is 3.53. The predicted molar refractivity (Wildman–Crippen MR) is 135 cm³/mol. The number of unbranched alkanes of at least 4 members (excludes halogenated alkanes) is 3. The summed E-state index contributed by atoms with van der Waals surface area (Å²) in [6.07, 6.45) is 3.42. The molecular weight excluding hydrogens is 464 g/mol. The summed E-state index contributed by atoms with van der Waals surface area (Å²) in [6.45, 7) is 0.800. The minimum atomic E-state index is -1.10. The maximum absolute atomic E-state index is 12.0. The van der Waals surface area contributed by atoms with Crippen molar-refractivity contribution in [2.75, 3.05) is 13.1 Å². The quantitative estimate of drug-likeness (QED) is 0.207. The van der Waals surface area contributed by atoms with Crippen LogP contribution >= 0.6 is 0 Å². The number of nitrogens with one attached hydrogen (secondary N) is 4. The number of rotatable bonds is 15. The molecule has 0 bridgehead atoms. The van der Waals surface area contributed by atoms with E-state index >= 15 is 0 Å². The van der Waals surface area contributed by atoms with Crippen molar-refractivity contribution in [2.45, 2.75) is 50.6 Å². The lowest BCUT2D eigenvalue weighted by Gasteiger charge is -2.15. The number of carbonyl (C=O) groups excluding carboxylic acids is 2. The molecule has 6 N–H and O–H groups in total. The molecule has 0 fully saturated rings. The molecule has 2 rings (SSSR count). The van der Waals surface area contributed by atoms with Crippen LogP contribution in [0.25, 0.3) is 0 Å². The van der Waals surface area contributed by atoms with Crippen LogP contribution in [0, 0.1) is 0 Å². The lowest BCUT2D eigenvalue weighted by molar-refractivity contribution is -0.140. The molecule has 2 aromatic rings. The fraction of sp³-hybridized carbons (Fsp3) is 0.385. The van der Waals surface area contributed by atoms with Crippen molar-refractivity contribution < 1.29 is 29.4 Å². The number of hydrogen-bond donors (Lipinski definition) is 6. The topological polar surface area (TPSA) is 157 Å². The van der Waals surface area contributed by atoms with E-state index in [9.17, 15) is 29.4 Å². The van der Waals surface area contributed by atoms with E-state index in [1.54, 1.807) is 0 Å². The maximum Gasteiger partial charge on any atom is 0.326 e. The molecule has 0 aliphatic carbocycles. The van der Waals surface area contributed by atoms with Crippen LogP contribution in [-0.4, -0.2) is 59.4 Å². The Labute approximate surface area is 210 Å². The van der Waals surface area contributed by atoms with Gasteiger partial charge in [0.2, 0.25) is 0 Å². The standard InChI is InChI=1S/C26H34N4O6/c31-23(32)21(17-19-11-5-3-6-12-19)29-25(35)27-15-9-1-2-10-16-28-26(36)30-22(24(33)34)18-20-13-7-4-8-14-20/h3-8,11-14,21-22H,1-2,9-10,15-18H2,(H,31,32)(H,33,34)(H2,27,29,35)(H2,28,30,36)/t21-,22+. The molecule has 0 saturated heterocycles. The summed E-state index contributed by atoms with van der Waals surface area (Å²) in [5, 5.41) is 29.0. The highest BCUT2D eigenvalue weighted by atomic mass is 16.4. The largest absolute Gasteiger partial charge is 0.480 e. The highest BCUT2D eigenvalue weighted by molar-refractivity contribution is 5.83. The number of amides is 4. The predicted octanol–water partition coefficient (Wildman–Crippen LogP) is 2.54. The fourth-order valence-electron chi connectivity index (χ4n) is 3.53. The van der Waals surface area contributed by atoms with E-state index in [1.807, 2.05) is 60.7 Å². The Kier molecular flexibility index (Phi) is 12.3. The molecule has 0 aromatic heterocycles. The van der Waals surface area contributed by atoms with Crippen molar-refractivity contribution in [1.82, 2.24) is 21.3 Å². The van der Waals surface area contributed by atoms with Gasteiger partial charge in [0.15, 0.2) is 0 Å². The molecule has 2 aromatic carbocycles. The van der Waals surface area contributed by atoms with Gasteiger partial charge >= 0.3 is 24.0 Å². The van der Waals surface area contributed by atoms with Crippen molar-refractivity contribution in [3.05, 3.63) is 71.8 Å². The summed E-state index contributed by atoms with van der Waals surface area (Å²) in [4.78, 5) is 46.9. The lowest BCUT2D eigenvalue weighted by Crippen LogP contribution is -2.47. The maximum atomic E-state index is 12.0. The van der Waals surface area contributed by atoms with Gasteiger partial charge in [-0.05, 0) is 24.0 Å². The van der Waals surface area contributed by atoms with Crippen LogP contribution in [0.4, 0.5) is 9.59 Å². The van der Waals surface area contributed by atoms with Gasteiger partial charge in [-0.1, -0.05) is 73.5 Å². The number of carboxylic acid groups (broad SMARTS) is 2. The van der Waals surface area contributed by atoms with Crippen LogP contribution < -0.4 is 21.3 Å². The SMILES string of the molecule is O=C(NCCCCCCNC(=O)N[C@H](Cc1ccccc1)C(=O)O)N[C@@H](Cc1ccccc1)C(=O)O. The zero-order chi connectivity index (χ0) is 26.2. The third kappa shape index (κ3) is 11.4. The monoisotopic (exact) mass is 498 g/mol. The number of carbonyl (C=O) groups is 4. The first kappa shape index (κ1) is 28.2. The molecule has 194 valence electrons. The molecule has 0 aliphatic heterocycles. The Morgan fingerprint density at radius 1 is 0.583 bits per heavy atom. The minimum absolute atomic E-state index is 0.198. The van der Waals surface area contributed by atoms with Crippen molar-refractivity contribution in [2.24, 2.45) is 0 Å². The van der Waals surface area contributed by atoms with Crippen LogP contribution in [0.2, 0.25) is 0 Å². The molecule has 10 heteroatoms. The second-order valence-corrected chi connectivity index (χ2v) is 8.38. The average molecular weight is 499 g/mol. The van der Waals surface area contributed by atoms with Crippen molar-refractivity contribution in [3.8, 4) is 0 Å². The van der Waals surface area contributed by atoms with Crippen molar-refractivity contribution in [3.63, 3.8) is 0 Å². The third-order valence-corrected chi connectivity index (χ3v) is 5.45.